The SMILES string of the molecule is CC(C)CCCOC(F)F. The summed E-state index contributed by atoms with van der Waals surface area (Å²) >= 11 is 0. The van der Waals surface area contributed by atoms with Crippen molar-refractivity contribution in [3.63, 3.8) is 0 Å². The van der Waals surface area contributed by atoms with Gasteiger partial charge < -0.3 is 4.74 Å². The Morgan fingerprint density at radius 1 is 1.30 bits per heavy atom. The summed E-state index contributed by atoms with van der Waals surface area (Å²) in [5, 5.41) is 0. The van der Waals surface area contributed by atoms with E-state index in [2.05, 4.69) is 18.6 Å². The van der Waals surface area contributed by atoms with Gasteiger partial charge in [0.15, 0.2) is 0 Å². The zero-order valence-electron chi connectivity index (χ0n) is 6.44. The molecule has 0 N–H and O–H groups in total. The maximum absolute atomic E-state index is 11.3. The lowest BCUT2D eigenvalue weighted by Crippen LogP contribution is -2.01. The molecule has 0 saturated heterocycles. The molecule has 0 bridgehead atoms. The molecular weight excluding hydrogens is 138 g/mol. The van der Waals surface area contributed by atoms with Crippen molar-refractivity contribution >= 4 is 0 Å². The highest BCUT2D eigenvalue weighted by Gasteiger charge is 2.00. The first-order valence-corrected chi connectivity index (χ1v) is 3.52. The van der Waals surface area contributed by atoms with Crippen molar-refractivity contribution < 1.29 is 13.5 Å². The van der Waals surface area contributed by atoms with Crippen molar-refractivity contribution in [2.75, 3.05) is 6.61 Å². The summed E-state index contributed by atoms with van der Waals surface area (Å²) in [5.41, 5.74) is 0. The summed E-state index contributed by atoms with van der Waals surface area (Å²) in [6.07, 6.45) is 1.68. The summed E-state index contributed by atoms with van der Waals surface area (Å²) in [4.78, 5) is 0. The number of alkyl halides is 2. The molecule has 0 radical (unpaired) electrons. The van der Waals surface area contributed by atoms with E-state index in [1.54, 1.807) is 0 Å². The van der Waals surface area contributed by atoms with E-state index in [1.165, 1.54) is 0 Å². The Balaban J connectivity index is 2.91. The van der Waals surface area contributed by atoms with E-state index in [4.69, 9.17) is 0 Å². The quantitative estimate of drug-likeness (QED) is 0.550. The molecule has 0 aliphatic carbocycles. The summed E-state index contributed by atoms with van der Waals surface area (Å²) in [7, 11) is 0. The van der Waals surface area contributed by atoms with Crippen molar-refractivity contribution in [1.82, 2.24) is 0 Å². The van der Waals surface area contributed by atoms with Crippen LogP contribution >= 0.6 is 0 Å². The van der Waals surface area contributed by atoms with Crippen LogP contribution in [0.2, 0.25) is 0 Å². The zero-order valence-corrected chi connectivity index (χ0v) is 6.44. The van der Waals surface area contributed by atoms with Gasteiger partial charge in [0.25, 0.3) is 0 Å². The number of hydrogen-bond acceptors (Lipinski definition) is 1. The Bertz CT molecular complexity index is 64.0. The van der Waals surface area contributed by atoms with Crippen molar-refractivity contribution in [2.45, 2.75) is 33.3 Å². The highest BCUT2D eigenvalue weighted by Crippen LogP contribution is 2.04. The van der Waals surface area contributed by atoms with Crippen LogP contribution in [0.4, 0.5) is 8.78 Å². The molecule has 0 aromatic heterocycles. The number of rotatable bonds is 5. The smallest absolute Gasteiger partial charge is 0.323 e. The maximum Gasteiger partial charge on any atom is 0.345 e. The van der Waals surface area contributed by atoms with E-state index in [0.717, 1.165) is 12.8 Å². The highest BCUT2D eigenvalue weighted by atomic mass is 19.3. The summed E-state index contributed by atoms with van der Waals surface area (Å²) in [6.45, 7) is 1.69. The average molecular weight is 152 g/mol. The predicted molar refractivity (Wildman–Crippen MR) is 36.0 cm³/mol. The largest absolute Gasteiger partial charge is 0.345 e. The molecule has 0 fully saturated rings. The standard InChI is InChI=1S/C7H14F2O/c1-6(2)4-3-5-10-7(8)9/h6-7H,3-5H2,1-2H3. The van der Waals surface area contributed by atoms with Crippen LogP contribution in [0.3, 0.4) is 0 Å². The molecule has 0 aromatic carbocycles. The predicted octanol–water partition coefficient (Wildman–Crippen LogP) is 2.66. The first-order valence-electron chi connectivity index (χ1n) is 3.52. The Hall–Kier alpha value is -0.180. The third-order valence-corrected chi connectivity index (χ3v) is 1.17. The van der Waals surface area contributed by atoms with Crippen LogP contribution in [0.15, 0.2) is 0 Å². The molecule has 0 unspecified atom stereocenters. The fourth-order valence-electron chi connectivity index (χ4n) is 0.664. The minimum absolute atomic E-state index is 0.176. The first-order chi connectivity index (χ1) is 4.63. The van der Waals surface area contributed by atoms with Crippen molar-refractivity contribution in [1.29, 1.82) is 0 Å². The fourth-order valence-corrected chi connectivity index (χ4v) is 0.664. The van der Waals surface area contributed by atoms with Gasteiger partial charge in [-0.3, -0.25) is 0 Å². The normalized spacial score (nSPS) is 11.4. The van der Waals surface area contributed by atoms with E-state index in [9.17, 15) is 8.78 Å². The molecular formula is C7H14F2O. The van der Waals surface area contributed by atoms with Gasteiger partial charge in [-0.25, -0.2) is 0 Å². The highest BCUT2D eigenvalue weighted by molar-refractivity contribution is 4.43. The lowest BCUT2D eigenvalue weighted by molar-refractivity contribution is -0.129. The van der Waals surface area contributed by atoms with Crippen LogP contribution in [0, 0.1) is 5.92 Å². The topological polar surface area (TPSA) is 9.23 Å². The van der Waals surface area contributed by atoms with E-state index < -0.39 is 6.61 Å². The van der Waals surface area contributed by atoms with E-state index in [0.29, 0.717) is 5.92 Å². The van der Waals surface area contributed by atoms with Gasteiger partial charge in [-0.15, -0.1) is 0 Å². The number of hydrogen-bond donors (Lipinski definition) is 0. The molecule has 0 aliphatic rings. The van der Waals surface area contributed by atoms with Gasteiger partial charge >= 0.3 is 6.61 Å². The molecule has 1 nitrogen and oxygen atoms in total. The van der Waals surface area contributed by atoms with Gasteiger partial charge in [0.2, 0.25) is 0 Å². The molecule has 3 heteroatoms. The van der Waals surface area contributed by atoms with Crippen LogP contribution in [-0.2, 0) is 4.74 Å². The van der Waals surface area contributed by atoms with Crippen molar-refractivity contribution in [2.24, 2.45) is 5.92 Å². The molecule has 10 heavy (non-hydrogen) atoms. The third-order valence-electron chi connectivity index (χ3n) is 1.17. The number of ether oxygens (including phenoxy) is 1. The maximum atomic E-state index is 11.3. The molecule has 0 spiro atoms. The minimum atomic E-state index is -2.60. The van der Waals surface area contributed by atoms with Crippen LogP contribution in [0.25, 0.3) is 0 Å². The second-order valence-corrected chi connectivity index (χ2v) is 2.67. The third kappa shape index (κ3) is 7.82. The van der Waals surface area contributed by atoms with Gasteiger partial charge in [-0.05, 0) is 18.8 Å². The van der Waals surface area contributed by atoms with Crippen molar-refractivity contribution in [3.8, 4) is 0 Å². The van der Waals surface area contributed by atoms with E-state index >= 15 is 0 Å². The van der Waals surface area contributed by atoms with Crippen LogP contribution in [0.1, 0.15) is 26.7 Å². The van der Waals surface area contributed by atoms with Gasteiger partial charge in [-0.1, -0.05) is 13.8 Å². The second kappa shape index (κ2) is 5.59. The van der Waals surface area contributed by atoms with Gasteiger partial charge in [0, 0.05) is 0 Å². The van der Waals surface area contributed by atoms with E-state index in [-0.39, 0.29) is 6.61 Å². The monoisotopic (exact) mass is 152 g/mol. The Labute approximate surface area is 60.4 Å². The van der Waals surface area contributed by atoms with Gasteiger partial charge in [0.05, 0.1) is 6.61 Å². The summed E-state index contributed by atoms with van der Waals surface area (Å²) in [5.74, 6) is 0.571. The van der Waals surface area contributed by atoms with Gasteiger partial charge in [0.1, 0.15) is 0 Å². The lowest BCUT2D eigenvalue weighted by Gasteiger charge is -2.04. The Morgan fingerprint density at radius 2 is 1.90 bits per heavy atom. The Morgan fingerprint density at radius 3 is 2.30 bits per heavy atom. The zero-order chi connectivity index (χ0) is 7.98. The molecule has 0 heterocycles. The lowest BCUT2D eigenvalue weighted by atomic mass is 10.1. The second-order valence-electron chi connectivity index (χ2n) is 2.67. The molecule has 0 atom stereocenters. The molecule has 0 aliphatic heterocycles. The molecule has 0 amide bonds. The van der Waals surface area contributed by atoms with Crippen LogP contribution in [0.5, 0.6) is 0 Å². The molecule has 62 valence electrons. The summed E-state index contributed by atoms with van der Waals surface area (Å²) in [6, 6.07) is 0. The fraction of sp³-hybridized carbons (Fsp3) is 1.00. The Kier molecular flexibility index (Phi) is 5.49. The summed E-state index contributed by atoms with van der Waals surface area (Å²) < 4.78 is 26.7. The number of halogens is 2. The molecule has 0 aromatic rings. The molecule has 0 rings (SSSR count). The minimum Gasteiger partial charge on any atom is -0.323 e. The first kappa shape index (κ1) is 9.82. The van der Waals surface area contributed by atoms with E-state index in [1.807, 2.05) is 0 Å². The van der Waals surface area contributed by atoms with Crippen LogP contribution < -0.4 is 0 Å². The van der Waals surface area contributed by atoms with Crippen molar-refractivity contribution in [3.05, 3.63) is 0 Å². The molecule has 0 saturated carbocycles. The van der Waals surface area contributed by atoms with Crippen LogP contribution in [-0.4, -0.2) is 13.2 Å². The van der Waals surface area contributed by atoms with Gasteiger partial charge in [-0.2, -0.15) is 8.78 Å². The average Bonchev–Trinajstić information content (AvgIpc) is 1.79.